The lowest BCUT2D eigenvalue weighted by Crippen LogP contribution is -2.11. The first-order chi connectivity index (χ1) is 5.02. The second-order valence-electron chi connectivity index (χ2n) is 1.95. The smallest absolute Gasteiger partial charge is 0.375 e. The van der Waals surface area contributed by atoms with Gasteiger partial charge in [0.05, 0.1) is 13.7 Å². The van der Waals surface area contributed by atoms with Crippen LogP contribution in [0.25, 0.3) is 0 Å². The molecule has 0 heterocycles. The molecule has 65 valence electrons. The van der Waals surface area contributed by atoms with Crippen LogP contribution in [0.2, 0.25) is 0 Å². The van der Waals surface area contributed by atoms with Crippen molar-refractivity contribution < 1.29 is 17.9 Å². The molecule has 4 heteroatoms. The molecule has 0 saturated heterocycles. The second-order valence-corrected chi connectivity index (χ2v) is 1.95. The third-order valence-electron chi connectivity index (χ3n) is 1.19. The van der Waals surface area contributed by atoms with Crippen molar-refractivity contribution in [2.75, 3.05) is 6.61 Å². The molecular weight excluding hydrogens is 157 g/mol. The van der Waals surface area contributed by atoms with Crippen LogP contribution in [0.3, 0.4) is 0 Å². The van der Waals surface area contributed by atoms with Gasteiger partial charge in [-0.15, -0.1) is 0 Å². The van der Waals surface area contributed by atoms with Crippen molar-refractivity contribution in [1.29, 1.82) is 0 Å². The van der Waals surface area contributed by atoms with E-state index in [1.165, 1.54) is 6.92 Å². The first-order valence-corrected chi connectivity index (χ1v) is 3.15. The van der Waals surface area contributed by atoms with Crippen LogP contribution in [-0.2, 0) is 4.74 Å². The predicted molar refractivity (Wildman–Crippen MR) is 35.7 cm³/mol. The Kier molecular flexibility index (Phi) is 4.18. The van der Waals surface area contributed by atoms with Crippen molar-refractivity contribution in [2.45, 2.75) is 19.5 Å². The number of allylic oxidation sites excluding steroid dienone is 1. The molecule has 0 rings (SSSR count). The molecule has 0 saturated carbocycles. The van der Waals surface area contributed by atoms with E-state index in [2.05, 4.69) is 11.8 Å². The van der Waals surface area contributed by atoms with E-state index >= 15 is 0 Å². The maximum absolute atomic E-state index is 11.9. The molecule has 11 heavy (non-hydrogen) atoms. The topological polar surface area (TPSA) is 9.23 Å². The highest BCUT2D eigenvalue weighted by molar-refractivity contribution is 5.08. The molecule has 1 nitrogen and oxygen atoms in total. The zero-order valence-electron chi connectivity index (χ0n) is 6.24. The average molecular weight is 167 g/mol. The fraction of sp³-hybridized carbons (Fsp3) is 0.571. The lowest BCUT2D eigenvalue weighted by molar-refractivity contribution is -0.0940. The minimum Gasteiger partial charge on any atom is -0.375 e. The van der Waals surface area contributed by atoms with E-state index in [0.29, 0.717) is 0 Å². The zero-order chi connectivity index (χ0) is 8.91. The van der Waals surface area contributed by atoms with Gasteiger partial charge in [0.1, 0.15) is 0 Å². The summed E-state index contributed by atoms with van der Waals surface area (Å²) in [6, 6.07) is 0. The lowest BCUT2D eigenvalue weighted by Gasteiger charge is -2.08. The normalized spacial score (nSPS) is 13.7. The van der Waals surface area contributed by atoms with Gasteiger partial charge in [-0.1, -0.05) is 13.0 Å². The van der Waals surface area contributed by atoms with Crippen LogP contribution in [0.4, 0.5) is 13.2 Å². The monoisotopic (exact) mass is 167 g/mol. The molecule has 0 bridgehead atoms. The van der Waals surface area contributed by atoms with Gasteiger partial charge in [0.15, 0.2) is 0 Å². The Morgan fingerprint density at radius 3 is 2.36 bits per heavy atom. The first kappa shape index (κ1) is 10.5. The van der Waals surface area contributed by atoms with Crippen molar-refractivity contribution in [3.63, 3.8) is 0 Å². The summed E-state index contributed by atoms with van der Waals surface area (Å²) in [6.07, 6.45) is -3.27. The van der Waals surface area contributed by atoms with Gasteiger partial charge in [0.25, 0.3) is 0 Å². The molecule has 0 aliphatic rings. The van der Waals surface area contributed by atoms with Gasteiger partial charge in [-0.3, -0.25) is 0 Å². The number of halogens is 3. The molecule has 0 aromatic carbocycles. The van der Waals surface area contributed by atoms with Crippen molar-refractivity contribution >= 4 is 0 Å². The summed E-state index contributed by atoms with van der Waals surface area (Å²) in [5, 5.41) is 0. The Balaban J connectivity index is 4.16. The summed E-state index contributed by atoms with van der Waals surface area (Å²) in [5.74, 6) is 0. The van der Waals surface area contributed by atoms with Gasteiger partial charge in [-0.05, 0) is 6.42 Å². The third-order valence-corrected chi connectivity index (χ3v) is 1.19. The van der Waals surface area contributed by atoms with Crippen LogP contribution in [0, 0.1) is 7.11 Å². The van der Waals surface area contributed by atoms with Gasteiger partial charge in [-0.2, -0.15) is 13.2 Å². The number of hydrogen-bond donors (Lipinski definition) is 0. The Labute approximate surface area is 63.8 Å². The molecule has 0 atom stereocenters. The van der Waals surface area contributed by atoms with Crippen molar-refractivity contribution in [1.82, 2.24) is 0 Å². The van der Waals surface area contributed by atoms with Crippen LogP contribution in [-0.4, -0.2) is 12.8 Å². The molecular formula is C7H10F3O. The third kappa shape index (κ3) is 4.03. The summed E-state index contributed by atoms with van der Waals surface area (Å²) in [7, 11) is 2.96. The molecule has 0 aliphatic carbocycles. The minimum absolute atomic E-state index is 0.0349. The SMILES string of the molecule is [CH2]OC/C=C(/CC)C(F)(F)F. The summed E-state index contributed by atoms with van der Waals surface area (Å²) >= 11 is 0. The van der Waals surface area contributed by atoms with E-state index in [4.69, 9.17) is 0 Å². The number of ether oxygens (including phenoxy) is 1. The maximum Gasteiger partial charge on any atom is 0.412 e. The highest BCUT2D eigenvalue weighted by Gasteiger charge is 2.31. The number of hydrogen-bond acceptors (Lipinski definition) is 1. The van der Waals surface area contributed by atoms with Crippen LogP contribution in [0.15, 0.2) is 11.6 Å². The number of rotatable bonds is 3. The molecule has 0 aromatic heterocycles. The average Bonchev–Trinajstić information content (AvgIpc) is 1.87. The Morgan fingerprint density at radius 2 is 2.09 bits per heavy atom. The molecule has 0 unspecified atom stereocenters. The Hall–Kier alpha value is -0.510. The standard InChI is InChI=1S/C7H10F3O/c1-3-6(4-5-11-2)7(8,9)10/h4H,2-3,5H2,1H3/b6-4-. The summed E-state index contributed by atoms with van der Waals surface area (Å²) in [5.41, 5.74) is -0.568. The Bertz CT molecular complexity index is 137. The van der Waals surface area contributed by atoms with Crippen LogP contribution in [0.5, 0.6) is 0 Å². The van der Waals surface area contributed by atoms with E-state index in [1.807, 2.05) is 0 Å². The molecule has 0 aliphatic heterocycles. The van der Waals surface area contributed by atoms with Crippen LogP contribution < -0.4 is 0 Å². The fourth-order valence-electron chi connectivity index (χ4n) is 0.620. The second kappa shape index (κ2) is 4.38. The highest BCUT2D eigenvalue weighted by atomic mass is 19.4. The first-order valence-electron chi connectivity index (χ1n) is 3.15. The van der Waals surface area contributed by atoms with Crippen molar-refractivity contribution in [3.05, 3.63) is 18.8 Å². The largest absolute Gasteiger partial charge is 0.412 e. The maximum atomic E-state index is 11.9. The molecule has 0 amide bonds. The quantitative estimate of drug-likeness (QED) is 0.587. The minimum atomic E-state index is -4.23. The number of alkyl halides is 3. The highest BCUT2D eigenvalue weighted by Crippen LogP contribution is 2.27. The zero-order valence-corrected chi connectivity index (χ0v) is 6.24. The van der Waals surface area contributed by atoms with E-state index in [0.717, 1.165) is 6.08 Å². The van der Waals surface area contributed by atoms with Gasteiger partial charge in [0.2, 0.25) is 0 Å². The van der Waals surface area contributed by atoms with E-state index in [-0.39, 0.29) is 13.0 Å². The Morgan fingerprint density at radius 1 is 1.55 bits per heavy atom. The van der Waals surface area contributed by atoms with Crippen molar-refractivity contribution in [3.8, 4) is 0 Å². The van der Waals surface area contributed by atoms with E-state index in [9.17, 15) is 13.2 Å². The van der Waals surface area contributed by atoms with Gasteiger partial charge in [0, 0.05) is 5.57 Å². The fourth-order valence-corrected chi connectivity index (χ4v) is 0.620. The molecule has 0 fully saturated rings. The van der Waals surface area contributed by atoms with Gasteiger partial charge in [-0.25, -0.2) is 0 Å². The van der Waals surface area contributed by atoms with E-state index < -0.39 is 11.7 Å². The lowest BCUT2D eigenvalue weighted by atomic mass is 10.2. The molecule has 1 radical (unpaired) electrons. The molecule has 0 spiro atoms. The molecule has 0 aromatic rings. The summed E-state index contributed by atoms with van der Waals surface area (Å²) in [6.45, 7) is 1.35. The van der Waals surface area contributed by atoms with Crippen LogP contribution in [0.1, 0.15) is 13.3 Å². The van der Waals surface area contributed by atoms with Gasteiger partial charge < -0.3 is 4.74 Å². The van der Waals surface area contributed by atoms with Gasteiger partial charge >= 0.3 is 6.18 Å². The summed E-state index contributed by atoms with van der Waals surface area (Å²) in [4.78, 5) is 0. The predicted octanol–water partition coefficient (Wildman–Crippen LogP) is 2.69. The van der Waals surface area contributed by atoms with Crippen molar-refractivity contribution in [2.24, 2.45) is 0 Å². The van der Waals surface area contributed by atoms with E-state index in [1.54, 1.807) is 0 Å². The summed E-state index contributed by atoms with van der Waals surface area (Å²) < 4.78 is 39.9. The van der Waals surface area contributed by atoms with Crippen LogP contribution >= 0.6 is 0 Å². The molecule has 0 N–H and O–H groups in total.